The second kappa shape index (κ2) is 3.64. The third-order valence-corrected chi connectivity index (χ3v) is 3.30. The molecule has 0 aromatic carbocycles. The van der Waals surface area contributed by atoms with E-state index in [4.69, 9.17) is 0 Å². The van der Waals surface area contributed by atoms with E-state index in [2.05, 4.69) is 24.3 Å². The van der Waals surface area contributed by atoms with Crippen LogP contribution in [0.4, 0.5) is 5.69 Å². The molecule has 1 saturated carbocycles. The Labute approximate surface area is 85.5 Å². The Morgan fingerprint density at radius 3 is 2.57 bits per heavy atom. The molecule has 0 spiro atoms. The zero-order chi connectivity index (χ0) is 10.1. The van der Waals surface area contributed by atoms with Crippen LogP contribution in [0.2, 0.25) is 0 Å². The second-order valence-corrected chi connectivity index (χ2v) is 4.35. The van der Waals surface area contributed by atoms with Gasteiger partial charge in [-0.15, -0.1) is 0 Å². The number of aromatic nitrogens is 2. The first-order chi connectivity index (χ1) is 6.68. The van der Waals surface area contributed by atoms with Crippen LogP contribution in [0.25, 0.3) is 0 Å². The maximum Gasteiger partial charge on any atom is 0.0827 e. The number of rotatable bonds is 3. The number of hydrogen-bond acceptors (Lipinski definition) is 2. The molecule has 0 unspecified atom stereocenters. The van der Waals surface area contributed by atoms with Crippen molar-refractivity contribution in [3.05, 3.63) is 11.4 Å². The Kier molecular flexibility index (Phi) is 2.48. The van der Waals surface area contributed by atoms with E-state index in [-0.39, 0.29) is 0 Å². The SMILES string of the molecule is Cc1nn(C)c(C)c1NCC1CCC1. The molecule has 1 fully saturated rings. The van der Waals surface area contributed by atoms with E-state index in [0.717, 1.165) is 18.2 Å². The van der Waals surface area contributed by atoms with Crippen LogP contribution < -0.4 is 5.32 Å². The van der Waals surface area contributed by atoms with Gasteiger partial charge in [0, 0.05) is 13.6 Å². The van der Waals surface area contributed by atoms with E-state index in [1.165, 1.54) is 30.6 Å². The van der Waals surface area contributed by atoms with Crippen LogP contribution in [0.1, 0.15) is 30.7 Å². The number of anilines is 1. The molecular weight excluding hydrogens is 174 g/mol. The minimum atomic E-state index is 0.897. The van der Waals surface area contributed by atoms with Crippen molar-refractivity contribution in [2.24, 2.45) is 13.0 Å². The monoisotopic (exact) mass is 193 g/mol. The van der Waals surface area contributed by atoms with Crippen LogP contribution in [0.5, 0.6) is 0 Å². The van der Waals surface area contributed by atoms with Gasteiger partial charge in [0.1, 0.15) is 0 Å². The fourth-order valence-electron chi connectivity index (χ4n) is 1.97. The highest BCUT2D eigenvalue weighted by Crippen LogP contribution is 2.27. The van der Waals surface area contributed by atoms with Crippen LogP contribution in [0.3, 0.4) is 0 Å². The van der Waals surface area contributed by atoms with Crippen molar-refractivity contribution in [2.75, 3.05) is 11.9 Å². The van der Waals surface area contributed by atoms with Gasteiger partial charge in [-0.1, -0.05) is 6.42 Å². The lowest BCUT2D eigenvalue weighted by Crippen LogP contribution is -2.21. The lowest BCUT2D eigenvalue weighted by atomic mass is 9.85. The molecule has 78 valence electrons. The molecule has 1 aliphatic rings. The minimum Gasteiger partial charge on any atom is -0.382 e. The van der Waals surface area contributed by atoms with Crippen LogP contribution >= 0.6 is 0 Å². The van der Waals surface area contributed by atoms with E-state index < -0.39 is 0 Å². The van der Waals surface area contributed by atoms with Gasteiger partial charge in [-0.2, -0.15) is 5.10 Å². The second-order valence-electron chi connectivity index (χ2n) is 4.35. The van der Waals surface area contributed by atoms with Gasteiger partial charge in [0.25, 0.3) is 0 Å². The molecule has 0 bridgehead atoms. The lowest BCUT2D eigenvalue weighted by molar-refractivity contribution is 0.333. The van der Waals surface area contributed by atoms with Crippen molar-refractivity contribution in [3.63, 3.8) is 0 Å². The summed E-state index contributed by atoms with van der Waals surface area (Å²) in [6.45, 7) is 5.30. The maximum atomic E-state index is 4.39. The fourth-order valence-corrected chi connectivity index (χ4v) is 1.97. The quantitative estimate of drug-likeness (QED) is 0.798. The summed E-state index contributed by atoms with van der Waals surface area (Å²) in [5.74, 6) is 0.897. The first-order valence-electron chi connectivity index (χ1n) is 5.42. The van der Waals surface area contributed by atoms with Gasteiger partial charge in [0.05, 0.1) is 17.1 Å². The normalized spacial score (nSPS) is 16.8. The highest BCUT2D eigenvalue weighted by atomic mass is 15.3. The molecule has 3 nitrogen and oxygen atoms in total. The third kappa shape index (κ3) is 1.63. The maximum absolute atomic E-state index is 4.39. The summed E-state index contributed by atoms with van der Waals surface area (Å²) in [6, 6.07) is 0. The zero-order valence-electron chi connectivity index (χ0n) is 9.30. The molecule has 14 heavy (non-hydrogen) atoms. The van der Waals surface area contributed by atoms with E-state index >= 15 is 0 Å². The van der Waals surface area contributed by atoms with Crippen LogP contribution in [-0.2, 0) is 7.05 Å². The summed E-state index contributed by atoms with van der Waals surface area (Å²) in [5.41, 5.74) is 3.59. The Morgan fingerprint density at radius 2 is 2.14 bits per heavy atom. The summed E-state index contributed by atoms with van der Waals surface area (Å²) >= 11 is 0. The molecule has 1 aromatic rings. The van der Waals surface area contributed by atoms with E-state index in [0.29, 0.717) is 0 Å². The molecule has 0 amide bonds. The van der Waals surface area contributed by atoms with Gasteiger partial charge in [-0.05, 0) is 32.6 Å². The Morgan fingerprint density at radius 1 is 1.43 bits per heavy atom. The van der Waals surface area contributed by atoms with Crippen molar-refractivity contribution in [2.45, 2.75) is 33.1 Å². The molecule has 1 aliphatic carbocycles. The molecule has 2 rings (SSSR count). The summed E-state index contributed by atoms with van der Waals surface area (Å²) in [5, 5.41) is 7.91. The van der Waals surface area contributed by atoms with Gasteiger partial charge in [-0.3, -0.25) is 4.68 Å². The standard InChI is InChI=1S/C11H19N3/c1-8-11(9(2)14(3)13-8)12-7-10-5-4-6-10/h10,12H,4-7H2,1-3H3. The number of nitrogens with zero attached hydrogens (tertiary/aromatic N) is 2. The fraction of sp³-hybridized carbons (Fsp3) is 0.727. The molecule has 0 aliphatic heterocycles. The first-order valence-corrected chi connectivity index (χ1v) is 5.42. The zero-order valence-corrected chi connectivity index (χ0v) is 9.30. The van der Waals surface area contributed by atoms with Crippen molar-refractivity contribution in [3.8, 4) is 0 Å². The summed E-state index contributed by atoms with van der Waals surface area (Å²) in [4.78, 5) is 0. The summed E-state index contributed by atoms with van der Waals surface area (Å²) in [7, 11) is 2.00. The average molecular weight is 193 g/mol. The highest BCUT2D eigenvalue weighted by Gasteiger charge is 2.18. The molecule has 1 heterocycles. The minimum absolute atomic E-state index is 0.897. The van der Waals surface area contributed by atoms with Gasteiger partial charge in [0.2, 0.25) is 0 Å². The molecule has 1 aromatic heterocycles. The van der Waals surface area contributed by atoms with E-state index in [9.17, 15) is 0 Å². The van der Waals surface area contributed by atoms with Gasteiger partial charge in [0.15, 0.2) is 0 Å². The predicted octanol–water partition coefficient (Wildman–Crippen LogP) is 2.25. The molecule has 0 atom stereocenters. The van der Waals surface area contributed by atoms with E-state index in [1.54, 1.807) is 0 Å². The molecular formula is C11H19N3. The van der Waals surface area contributed by atoms with Crippen LogP contribution in [0.15, 0.2) is 0 Å². The Hall–Kier alpha value is -0.990. The first kappa shape index (κ1) is 9.56. The van der Waals surface area contributed by atoms with Crippen molar-refractivity contribution in [1.29, 1.82) is 0 Å². The van der Waals surface area contributed by atoms with E-state index in [1.807, 2.05) is 11.7 Å². The van der Waals surface area contributed by atoms with Crippen molar-refractivity contribution >= 4 is 5.69 Å². The average Bonchev–Trinajstić information content (AvgIpc) is 2.28. The van der Waals surface area contributed by atoms with Crippen molar-refractivity contribution in [1.82, 2.24) is 9.78 Å². The largest absolute Gasteiger partial charge is 0.382 e. The molecule has 3 heteroatoms. The number of nitrogens with one attached hydrogen (secondary N) is 1. The third-order valence-electron chi connectivity index (χ3n) is 3.30. The smallest absolute Gasteiger partial charge is 0.0827 e. The topological polar surface area (TPSA) is 29.9 Å². The highest BCUT2D eigenvalue weighted by molar-refractivity contribution is 5.51. The van der Waals surface area contributed by atoms with Gasteiger partial charge >= 0.3 is 0 Å². The van der Waals surface area contributed by atoms with Crippen LogP contribution in [-0.4, -0.2) is 16.3 Å². The van der Waals surface area contributed by atoms with Gasteiger partial charge < -0.3 is 5.32 Å². The molecule has 1 N–H and O–H groups in total. The molecule has 0 radical (unpaired) electrons. The number of aryl methyl sites for hydroxylation is 2. The predicted molar refractivity (Wildman–Crippen MR) is 58.5 cm³/mol. The Balaban J connectivity index is 2.00. The number of hydrogen-bond donors (Lipinski definition) is 1. The summed E-state index contributed by atoms with van der Waals surface area (Å²) < 4.78 is 1.94. The Bertz CT molecular complexity index is 324. The van der Waals surface area contributed by atoms with Crippen LogP contribution in [0, 0.1) is 19.8 Å². The van der Waals surface area contributed by atoms with Gasteiger partial charge in [-0.25, -0.2) is 0 Å². The molecule has 0 saturated heterocycles. The lowest BCUT2D eigenvalue weighted by Gasteiger charge is -2.25. The summed E-state index contributed by atoms with van der Waals surface area (Å²) in [6.07, 6.45) is 4.20. The van der Waals surface area contributed by atoms with Crippen molar-refractivity contribution < 1.29 is 0 Å².